The van der Waals surface area contributed by atoms with Gasteiger partial charge >= 0.3 is 0 Å². The van der Waals surface area contributed by atoms with Gasteiger partial charge in [-0.25, -0.2) is 4.98 Å². The molecule has 0 N–H and O–H groups in total. The van der Waals surface area contributed by atoms with E-state index in [2.05, 4.69) is 4.98 Å². The number of non-ortho nitro benzene ring substituents is 1. The zero-order valence-electron chi connectivity index (χ0n) is 11.6. The smallest absolute Gasteiger partial charge is 0.270 e. The molecule has 2 aromatic carbocycles. The van der Waals surface area contributed by atoms with Gasteiger partial charge in [0.15, 0.2) is 5.13 Å². The Bertz CT molecular complexity index is 842. The number of hydrogen-bond acceptors (Lipinski definition) is 5. The van der Waals surface area contributed by atoms with Crippen LogP contribution in [0.5, 0.6) is 0 Å². The summed E-state index contributed by atoms with van der Waals surface area (Å²) in [5, 5.41) is 11.4. The first-order valence-corrected chi connectivity index (χ1v) is 7.26. The molecule has 0 bridgehead atoms. The van der Waals surface area contributed by atoms with Crippen LogP contribution in [0.15, 0.2) is 48.5 Å². The number of carbonyl (C=O) groups is 1. The highest BCUT2D eigenvalue weighted by molar-refractivity contribution is 7.22. The second-order valence-corrected chi connectivity index (χ2v) is 5.64. The van der Waals surface area contributed by atoms with Crippen molar-refractivity contribution in [2.45, 2.75) is 0 Å². The lowest BCUT2D eigenvalue weighted by atomic mass is 10.2. The fourth-order valence-electron chi connectivity index (χ4n) is 2.04. The Morgan fingerprint density at radius 3 is 2.73 bits per heavy atom. The summed E-state index contributed by atoms with van der Waals surface area (Å²) in [5.41, 5.74) is 0.973. The molecule has 1 heterocycles. The summed E-state index contributed by atoms with van der Waals surface area (Å²) in [6, 6.07) is 13.3. The minimum Gasteiger partial charge on any atom is -0.287 e. The first-order chi connectivity index (χ1) is 10.6. The Hall–Kier alpha value is -2.80. The van der Waals surface area contributed by atoms with Crippen LogP contribution in [0.1, 0.15) is 10.4 Å². The van der Waals surface area contributed by atoms with Crippen molar-refractivity contribution in [2.24, 2.45) is 0 Å². The van der Waals surface area contributed by atoms with E-state index in [1.165, 1.54) is 34.4 Å². The summed E-state index contributed by atoms with van der Waals surface area (Å²) in [5.74, 6) is -0.331. The molecule has 3 rings (SSSR count). The van der Waals surface area contributed by atoms with Crippen molar-refractivity contribution in [3.8, 4) is 0 Å². The third-order valence-electron chi connectivity index (χ3n) is 3.18. The number of fused-ring (bicyclic) bond motifs is 1. The second-order valence-electron chi connectivity index (χ2n) is 4.64. The molecule has 0 aliphatic carbocycles. The molecule has 110 valence electrons. The Kier molecular flexibility index (Phi) is 3.56. The van der Waals surface area contributed by atoms with Gasteiger partial charge in [-0.1, -0.05) is 29.5 Å². The normalized spacial score (nSPS) is 10.6. The molecular formula is C15H11N3O3S. The zero-order valence-corrected chi connectivity index (χ0v) is 12.4. The number of anilines is 1. The van der Waals surface area contributed by atoms with E-state index in [1.54, 1.807) is 13.1 Å². The summed E-state index contributed by atoms with van der Waals surface area (Å²) < 4.78 is 0.983. The van der Waals surface area contributed by atoms with Gasteiger partial charge in [-0.3, -0.25) is 19.8 Å². The third-order valence-corrected chi connectivity index (χ3v) is 4.29. The molecule has 1 amide bonds. The van der Waals surface area contributed by atoms with Gasteiger partial charge in [-0.05, 0) is 18.2 Å². The van der Waals surface area contributed by atoms with E-state index in [-0.39, 0.29) is 17.2 Å². The molecule has 0 saturated carbocycles. The van der Waals surface area contributed by atoms with Crippen LogP contribution in [0.3, 0.4) is 0 Å². The van der Waals surface area contributed by atoms with Gasteiger partial charge in [-0.2, -0.15) is 0 Å². The molecule has 3 aromatic rings. The van der Waals surface area contributed by atoms with Gasteiger partial charge in [0, 0.05) is 24.7 Å². The number of rotatable bonds is 3. The molecule has 1 aromatic heterocycles. The molecule has 0 atom stereocenters. The Balaban J connectivity index is 1.94. The van der Waals surface area contributed by atoms with Crippen molar-refractivity contribution < 1.29 is 9.72 Å². The summed E-state index contributed by atoms with van der Waals surface area (Å²) in [4.78, 5) is 28.6. The highest BCUT2D eigenvalue weighted by atomic mass is 32.1. The van der Waals surface area contributed by atoms with Gasteiger partial charge < -0.3 is 0 Å². The van der Waals surface area contributed by atoms with Crippen LogP contribution in [-0.4, -0.2) is 22.9 Å². The van der Waals surface area contributed by atoms with Gasteiger partial charge in [0.2, 0.25) is 0 Å². The van der Waals surface area contributed by atoms with E-state index in [1.807, 2.05) is 24.3 Å². The Labute approximate surface area is 129 Å². The van der Waals surface area contributed by atoms with Crippen LogP contribution < -0.4 is 4.90 Å². The first kappa shape index (κ1) is 14.2. The van der Waals surface area contributed by atoms with Crippen molar-refractivity contribution in [2.75, 3.05) is 11.9 Å². The standard InChI is InChI=1S/C15H11N3O3S/c1-17(15-16-12-7-2-3-8-13(12)22-15)14(19)10-5-4-6-11(9-10)18(20)21/h2-9H,1H3. The molecule has 0 saturated heterocycles. The van der Waals surface area contributed by atoms with Crippen LogP contribution in [-0.2, 0) is 0 Å². The summed E-state index contributed by atoms with van der Waals surface area (Å²) in [6.07, 6.45) is 0. The Morgan fingerprint density at radius 1 is 1.23 bits per heavy atom. The van der Waals surface area contributed by atoms with Crippen molar-refractivity contribution in [3.63, 3.8) is 0 Å². The summed E-state index contributed by atoms with van der Waals surface area (Å²) in [6.45, 7) is 0. The number of amides is 1. The van der Waals surface area contributed by atoms with Crippen LogP contribution in [0, 0.1) is 10.1 Å². The van der Waals surface area contributed by atoms with E-state index in [0.29, 0.717) is 5.13 Å². The molecule has 22 heavy (non-hydrogen) atoms. The van der Waals surface area contributed by atoms with Gasteiger partial charge in [0.05, 0.1) is 15.1 Å². The average Bonchev–Trinajstić information content (AvgIpc) is 2.97. The second kappa shape index (κ2) is 5.53. The number of thiazole rings is 1. The molecule has 0 aliphatic heterocycles. The molecule has 0 radical (unpaired) electrons. The summed E-state index contributed by atoms with van der Waals surface area (Å²) in [7, 11) is 1.61. The molecule has 0 unspecified atom stereocenters. The lowest BCUT2D eigenvalue weighted by molar-refractivity contribution is -0.384. The van der Waals surface area contributed by atoms with Crippen LogP contribution in [0.2, 0.25) is 0 Å². The van der Waals surface area contributed by atoms with Crippen LogP contribution >= 0.6 is 11.3 Å². The topological polar surface area (TPSA) is 76.3 Å². The highest BCUT2D eigenvalue weighted by Crippen LogP contribution is 2.28. The predicted octanol–water partition coefficient (Wildman–Crippen LogP) is 3.48. The van der Waals surface area contributed by atoms with Crippen molar-refractivity contribution in [1.29, 1.82) is 0 Å². The lowest BCUT2D eigenvalue weighted by Crippen LogP contribution is -2.26. The number of hydrogen-bond donors (Lipinski definition) is 0. The predicted molar refractivity (Wildman–Crippen MR) is 85.4 cm³/mol. The van der Waals surface area contributed by atoms with Crippen LogP contribution in [0.4, 0.5) is 10.8 Å². The van der Waals surface area contributed by atoms with Crippen molar-refractivity contribution in [1.82, 2.24) is 4.98 Å². The molecule has 0 fully saturated rings. The van der Waals surface area contributed by atoms with Gasteiger partial charge in [0.1, 0.15) is 0 Å². The SMILES string of the molecule is CN(C(=O)c1cccc([N+](=O)[O-])c1)c1nc2ccccc2s1. The number of carbonyl (C=O) groups excluding carboxylic acids is 1. The molecule has 7 heteroatoms. The number of para-hydroxylation sites is 1. The molecule has 6 nitrogen and oxygen atoms in total. The number of nitro benzene ring substituents is 1. The first-order valence-electron chi connectivity index (χ1n) is 6.44. The van der Waals surface area contributed by atoms with Crippen molar-refractivity contribution in [3.05, 3.63) is 64.2 Å². The summed E-state index contributed by atoms with van der Waals surface area (Å²) >= 11 is 1.40. The number of nitro groups is 1. The third kappa shape index (κ3) is 2.53. The number of aromatic nitrogens is 1. The molecular weight excluding hydrogens is 302 g/mol. The van der Waals surface area contributed by atoms with Crippen LogP contribution in [0.25, 0.3) is 10.2 Å². The maximum atomic E-state index is 12.5. The van der Waals surface area contributed by atoms with E-state index in [9.17, 15) is 14.9 Å². The highest BCUT2D eigenvalue weighted by Gasteiger charge is 2.19. The Morgan fingerprint density at radius 2 is 2.00 bits per heavy atom. The van der Waals surface area contributed by atoms with E-state index >= 15 is 0 Å². The van der Waals surface area contributed by atoms with E-state index < -0.39 is 4.92 Å². The number of benzene rings is 2. The molecule has 0 aliphatic rings. The fourth-order valence-corrected chi connectivity index (χ4v) is 2.96. The quantitative estimate of drug-likeness (QED) is 0.548. The average molecular weight is 313 g/mol. The fraction of sp³-hybridized carbons (Fsp3) is 0.0667. The molecule has 0 spiro atoms. The zero-order chi connectivity index (χ0) is 15.7. The lowest BCUT2D eigenvalue weighted by Gasteiger charge is -2.13. The monoisotopic (exact) mass is 313 g/mol. The van der Waals surface area contributed by atoms with Gasteiger partial charge in [-0.15, -0.1) is 0 Å². The maximum Gasteiger partial charge on any atom is 0.270 e. The van der Waals surface area contributed by atoms with E-state index in [4.69, 9.17) is 0 Å². The largest absolute Gasteiger partial charge is 0.287 e. The van der Waals surface area contributed by atoms with Gasteiger partial charge in [0.25, 0.3) is 11.6 Å². The maximum absolute atomic E-state index is 12.5. The minimum atomic E-state index is -0.519. The van der Waals surface area contributed by atoms with E-state index in [0.717, 1.165) is 10.2 Å². The minimum absolute atomic E-state index is 0.108. The van der Waals surface area contributed by atoms with Crippen molar-refractivity contribution >= 4 is 38.3 Å². The number of nitrogens with zero attached hydrogens (tertiary/aromatic N) is 3.